The minimum absolute atomic E-state index is 0. The predicted octanol–water partition coefficient (Wildman–Crippen LogP) is 0.652. The maximum Gasteiger partial charge on any atom is 1.00 e. The van der Waals surface area contributed by atoms with Gasteiger partial charge in [0.25, 0.3) is 0 Å². The van der Waals surface area contributed by atoms with Crippen LogP contribution in [0.15, 0.2) is 0 Å². The van der Waals surface area contributed by atoms with Crippen LogP contribution in [0, 0.1) is 6.04 Å². The molecule has 0 unspecified atom stereocenters. The molecule has 0 nitrogen and oxygen atoms in total. The van der Waals surface area contributed by atoms with E-state index in [4.69, 9.17) is 0 Å². The molecule has 11 heavy (non-hydrogen) atoms. The van der Waals surface area contributed by atoms with E-state index in [1.165, 1.54) is 25.3 Å². The Morgan fingerprint density at radius 1 is 1.18 bits per heavy atom. The summed E-state index contributed by atoms with van der Waals surface area (Å²) in [4.78, 5) is 0. The minimum atomic E-state index is -0.849. The third-order valence-electron chi connectivity index (χ3n) is 1.93. The van der Waals surface area contributed by atoms with E-state index in [0.29, 0.717) is 0 Å². The van der Waals surface area contributed by atoms with E-state index >= 15 is 0 Å². The first kappa shape index (κ1) is 14.3. The Labute approximate surface area is 85.3 Å². The predicted molar refractivity (Wildman–Crippen MR) is 51.8 cm³/mol. The zero-order chi connectivity index (χ0) is 8.04. The molecule has 0 bridgehead atoms. The normalized spacial score (nSPS) is 10.9. The Morgan fingerprint density at radius 3 is 2.09 bits per heavy atom. The van der Waals surface area contributed by atoms with Crippen LogP contribution in [0.5, 0.6) is 0 Å². The van der Waals surface area contributed by atoms with Crippen LogP contribution in [0.4, 0.5) is 0 Å². The smallest absolute Gasteiger partial charge is 0.328 e. The van der Waals surface area contributed by atoms with Crippen LogP contribution in [-0.4, -0.2) is 8.07 Å². The van der Waals surface area contributed by atoms with Crippen LogP contribution in [-0.2, 0) is 0 Å². The van der Waals surface area contributed by atoms with Gasteiger partial charge in [0.05, 0.1) is 0 Å². The second kappa shape index (κ2) is 7.46. The van der Waals surface area contributed by atoms with Gasteiger partial charge in [-0.05, 0) is 0 Å². The van der Waals surface area contributed by atoms with E-state index in [0.717, 1.165) is 0 Å². The molecule has 0 aromatic rings. The van der Waals surface area contributed by atoms with Crippen molar-refractivity contribution in [3.63, 3.8) is 0 Å². The van der Waals surface area contributed by atoms with Gasteiger partial charge in [0, 0.05) is 0 Å². The zero-order valence-electron chi connectivity index (χ0n) is 8.91. The SMILES string of the molecule is CC[CH-][Si](C)(C)CCCC.[Li+]. The topological polar surface area (TPSA) is 0 Å². The first-order valence-corrected chi connectivity index (χ1v) is 7.75. The molecule has 0 aromatic carbocycles. The molecule has 0 rings (SSSR count). The first-order valence-electron chi connectivity index (χ1n) is 4.46. The number of rotatable bonds is 5. The molecule has 0 heterocycles. The Hall–Kier alpha value is 0.814. The van der Waals surface area contributed by atoms with Gasteiger partial charge in [-0.25, -0.2) is 0 Å². The average molecular weight is 164 g/mol. The number of unbranched alkanes of at least 4 members (excludes halogenated alkanes) is 1. The van der Waals surface area contributed by atoms with Gasteiger partial charge in [-0.3, -0.25) is 0 Å². The van der Waals surface area contributed by atoms with Crippen molar-refractivity contribution in [1.29, 1.82) is 0 Å². The van der Waals surface area contributed by atoms with Gasteiger partial charge in [0.2, 0.25) is 0 Å². The van der Waals surface area contributed by atoms with E-state index < -0.39 is 8.07 Å². The Bertz CT molecular complexity index is 81.6. The van der Waals surface area contributed by atoms with Crippen LogP contribution in [0.1, 0.15) is 33.1 Å². The van der Waals surface area contributed by atoms with Gasteiger partial charge < -0.3 is 6.04 Å². The molecule has 0 aliphatic rings. The summed E-state index contributed by atoms with van der Waals surface area (Å²) < 4.78 is 0. The molecule has 2 heteroatoms. The maximum absolute atomic E-state index is 2.56. The second-order valence-corrected chi connectivity index (χ2v) is 8.59. The van der Waals surface area contributed by atoms with Crippen molar-refractivity contribution >= 4 is 8.07 Å². The molecule has 0 aliphatic heterocycles. The van der Waals surface area contributed by atoms with Crippen LogP contribution in [0.2, 0.25) is 19.1 Å². The van der Waals surface area contributed by atoms with E-state index in [2.05, 4.69) is 33.0 Å². The fourth-order valence-corrected chi connectivity index (χ4v) is 3.86. The third-order valence-corrected chi connectivity index (χ3v) is 5.09. The largest absolute Gasteiger partial charge is 1.00 e. The standard InChI is InChI=1S/C9H21Si.Li/c1-5-7-9-10(3,4)8-6-2;/h8H,5-7,9H2,1-4H3;/q-1;+1. The summed E-state index contributed by atoms with van der Waals surface area (Å²) in [5.41, 5.74) is 0. The van der Waals surface area contributed by atoms with E-state index in [1.54, 1.807) is 0 Å². The molecule has 0 aromatic heterocycles. The van der Waals surface area contributed by atoms with Crippen molar-refractivity contribution in [3.05, 3.63) is 6.04 Å². The average Bonchev–Trinajstić information content (AvgIpc) is 1.84. The van der Waals surface area contributed by atoms with Gasteiger partial charge in [-0.15, -0.1) is 0 Å². The third kappa shape index (κ3) is 8.72. The number of hydrogen-bond donors (Lipinski definition) is 0. The fraction of sp³-hybridized carbons (Fsp3) is 0.889. The van der Waals surface area contributed by atoms with Crippen LogP contribution >= 0.6 is 0 Å². The van der Waals surface area contributed by atoms with Crippen LogP contribution in [0.25, 0.3) is 0 Å². The quantitative estimate of drug-likeness (QED) is 0.413. The summed E-state index contributed by atoms with van der Waals surface area (Å²) in [5.74, 6) is 0. The summed E-state index contributed by atoms with van der Waals surface area (Å²) in [6.07, 6.45) is 4.05. The molecule has 62 valence electrons. The molecule has 0 atom stereocenters. The van der Waals surface area contributed by atoms with Crippen molar-refractivity contribution in [1.82, 2.24) is 0 Å². The molecule has 0 aliphatic carbocycles. The molecule has 0 saturated heterocycles. The molecular formula is C9H21LiSi. The van der Waals surface area contributed by atoms with Crippen molar-refractivity contribution in [2.45, 2.75) is 52.2 Å². The molecule has 0 fully saturated rings. The molecule has 0 saturated carbocycles. The van der Waals surface area contributed by atoms with Crippen molar-refractivity contribution in [2.24, 2.45) is 0 Å². The summed E-state index contributed by atoms with van der Waals surface area (Å²) in [5, 5.41) is 0. The molecular weight excluding hydrogens is 143 g/mol. The van der Waals surface area contributed by atoms with Gasteiger partial charge in [0.1, 0.15) is 0 Å². The molecule has 0 spiro atoms. The van der Waals surface area contributed by atoms with Crippen LogP contribution in [0.3, 0.4) is 0 Å². The summed E-state index contributed by atoms with van der Waals surface area (Å²) >= 11 is 0. The fourth-order valence-electron chi connectivity index (χ4n) is 1.29. The zero-order valence-corrected chi connectivity index (χ0v) is 9.91. The van der Waals surface area contributed by atoms with Gasteiger partial charge in [-0.2, -0.15) is 6.42 Å². The van der Waals surface area contributed by atoms with E-state index in [-0.39, 0.29) is 18.9 Å². The van der Waals surface area contributed by atoms with Gasteiger partial charge in [-0.1, -0.05) is 53.9 Å². The first-order chi connectivity index (χ1) is 4.62. The Morgan fingerprint density at radius 2 is 1.73 bits per heavy atom. The summed E-state index contributed by atoms with van der Waals surface area (Å²) in [7, 11) is -0.849. The maximum atomic E-state index is 2.56. The molecule has 0 radical (unpaired) electrons. The summed E-state index contributed by atoms with van der Waals surface area (Å²) in [6.45, 7) is 9.45. The number of hydrogen-bond acceptors (Lipinski definition) is 0. The second-order valence-electron chi connectivity index (χ2n) is 3.70. The Balaban J connectivity index is 0. The molecule has 0 amide bonds. The van der Waals surface area contributed by atoms with Crippen molar-refractivity contribution < 1.29 is 18.9 Å². The van der Waals surface area contributed by atoms with Gasteiger partial charge in [0.15, 0.2) is 0 Å². The van der Waals surface area contributed by atoms with E-state index in [1.807, 2.05) is 0 Å². The molecule has 0 N–H and O–H groups in total. The minimum Gasteiger partial charge on any atom is -0.328 e. The summed E-state index contributed by atoms with van der Waals surface area (Å²) in [6, 6.07) is 4.04. The van der Waals surface area contributed by atoms with Crippen molar-refractivity contribution in [2.75, 3.05) is 0 Å². The van der Waals surface area contributed by atoms with Crippen LogP contribution < -0.4 is 18.9 Å². The monoisotopic (exact) mass is 164 g/mol. The Kier molecular flexibility index (Phi) is 9.73. The van der Waals surface area contributed by atoms with E-state index in [9.17, 15) is 0 Å². The van der Waals surface area contributed by atoms with Crippen molar-refractivity contribution in [3.8, 4) is 0 Å². The van der Waals surface area contributed by atoms with Gasteiger partial charge >= 0.3 is 18.9 Å².